The van der Waals surface area contributed by atoms with Gasteiger partial charge in [-0.25, -0.2) is 14.6 Å². The summed E-state index contributed by atoms with van der Waals surface area (Å²) in [7, 11) is 0. The molecule has 1 saturated carbocycles. The molecule has 0 radical (unpaired) electrons. The predicted octanol–water partition coefficient (Wildman–Crippen LogP) is 3.69. The minimum atomic E-state index is -0.401. The summed E-state index contributed by atoms with van der Waals surface area (Å²) in [5.74, 6) is 0.176. The molecule has 7 heteroatoms. The van der Waals surface area contributed by atoms with Gasteiger partial charge in [0.15, 0.2) is 0 Å². The molecule has 26 heavy (non-hydrogen) atoms. The maximum absolute atomic E-state index is 12.4. The number of amides is 2. The second-order valence-corrected chi connectivity index (χ2v) is 7.56. The standard InChI is InChI=1S/C19H21N3O3S/c23-18(14-6-3-7-16(10-14)22-9-8-20-19(22)24)25-11-15-12-26-17(21-15)13-4-1-2-5-13/h3,6-7,10,12-13H,1-2,4-5,8-9,11H2,(H,20,24). The molecule has 0 spiro atoms. The first-order valence-corrected chi connectivity index (χ1v) is 9.85. The van der Waals surface area contributed by atoms with E-state index in [-0.39, 0.29) is 12.6 Å². The molecule has 0 unspecified atom stereocenters. The molecule has 6 nitrogen and oxygen atoms in total. The molecule has 0 bridgehead atoms. The Morgan fingerprint density at radius 1 is 1.35 bits per heavy atom. The highest BCUT2D eigenvalue weighted by Gasteiger charge is 2.23. The minimum Gasteiger partial charge on any atom is -0.456 e. The normalized spacial score (nSPS) is 17.5. The molecule has 1 saturated heterocycles. The van der Waals surface area contributed by atoms with Crippen LogP contribution in [0.1, 0.15) is 52.7 Å². The number of hydrogen-bond donors (Lipinski definition) is 1. The van der Waals surface area contributed by atoms with Gasteiger partial charge in [0.05, 0.1) is 16.3 Å². The Hall–Kier alpha value is -2.41. The van der Waals surface area contributed by atoms with Gasteiger partial charge in [-0.15, -0.1) is 11.3 Å². The summed E-state index contributed by atoms with van der Waals surface area (Å²) in [4.78, 5) is 30.4. The number of benzene rings is 1. The van der Waals surface area contributed by atoms with E-state index in [0.29, 0.717) is 30.3 Å². The average molecular weight is 371 g/mol. The number of hydrogen-bond acceptors (Lipinski definition) is 5. The van der Waals surface area contributed by atoms with Crippen molar-refractivity contribution in [1.29, 1.82) is 0 Å². The van der Waals surface area contributed by atoms with Crippen LogP contribution >= 0.6 is 11.3 Å². The van der Waals surface area contributed by atoms with Crippen LogP contribution in [0.5, 0.6) is 0 Å². The van der Waals surface area contributed by atoms with E-state index in [4.69, 9.17) is 4.74 Å². The largest absolute Gasteiger partial charge is 0.456 e. The van der Waals surface area contributed by atoms with Gasteiger partial charge in [-0.1, -0.05) is 18.9 Å². The lowest BCUT2D eigenvalue weighted by atomic mass is 10.1. The van der Waals surface area contributed by atoms with Crippen LogP contribution in [0, 0.1) is 0 Å². The maximum Gasteiger partial charge on any atom is 0.338 e. The molecule has 1 aromatic carbocycles. The number of nitrogens with one attached hydrogen (secondary N) is 1. The van der Waals surface area contributed by atoms with Crippen molar-refractivity contribution in [3.8, 4) is 0 Å². The number of carbonyl (C=O) groups excluding carboxylic acids is 2. The molecule has 4 rings (SSSR count). The molecule has 1 aromatic heterocycles. The second kappa shape index (κ2) is 7.45. The van der Waals surface area contributed by atoms with E-state index in [0.717, 1.165) is 10.7 Å². The third-order valence-electron chi connectivity index (χ3n) is 4.88. The fourth-order valence-electron chi connectivity index (χ4n) is 3.49. The quantitative estimate of drug-likeness (QED) is 0.814. The third-order valence-corrected chi connectivity index (χ3v) is 5.93. The Kier molecular flexibility index (Phi) is 4.88. The summed E-state index contributed by atoms with van der Waals surface area (Å²) in [5.41, 5.74) is 1.94. The summed E-state index contributed by atoms with van der Waals surface area (Å²) in [6.45, 7) is 1.39. The first-order chi connectivity index (χ1) is 12.7. The summed E-state index contributed by atoms with van der Waals surface area (Å²) in [6.07, 6.45) is 4.98. The van der Waals surface area contributed by atoms with Gasteiger partial charge in [0.2, 0.25) is 0 Å². The Balaban J connectivity index is 1.38. The monoisotopic (exact) mass is 371 g/mol. The van der Waals surface area contributed by atoms with Crippen LogP contribution < -0.4 is 10.2 Å². The molecule has 2 heterocycles. The SMILES string of the molecule is O=C(OCc1csc(C2CCCC2)n1)c1cccc(N2CCNC2=O)c1. The summed E-state index contributed by atoms with van der Waals surface area (Å²) < 4.78 is 5.42. The first kappa shape index (κ1) is 17.0. The second-order valence-electron chi connectivity index (χ2n) is 6.67. The Bertz CT molecular complexity index is 814. The number of nitrogens with zero attached hydrogens (tertiary/aromatic N) is 2. The number of rotatable bonds is 5. The summed E-state index contributed by atoms with van der Waals surface area (Å²) in [6, 6.07) is 6.83. The van der Waals surface area contributed by atoms with Crippen molar-refractivity contribution in [2.45, 2.75) is 38.2 Å². The van der Waals surface area contributed by atoms with Gasteiger partial charge in [-0.05, 0) is 31.0 Å². The van der Waals surface area contributed by atoms with Crippen LogP contribution in [-0.4, -0.2) is 30.1 Å². The molecule has 0 atom stereocenters. The van der Waals surface area contributed by atoms with Gasteiger partial charge in [0.25, 0.3) is 0 Å². The van der Waals surface area contributed by atoms with E-state index < -0.39 is 5.97 Å². The molecular weight excluding hydrogens is 350 g/mol. The first-order valence-electron chi connectivity index (χ1n) is 8.97. The van der Waals surface area contributed by atoms with E-state index in [1.807, 2.05) is 11.4 Å². The van der Waals surface area contributed by atoms with Gasteiger partial charge in [0.1, 0.15) is 6.61 Å². The van der Waals surface area contributed by atoms with Crippen molar-refractivity contribution >= 4 is 29.0 Å². The molecule has 2 fully saturated rings. The molecule has 2 amide bonds. The van der Waals surface area contributed by atoms with Gasteiger partial charge in [-0.2, -0.15) is 0 Å². The highest BCUT2D eigenvalue weighted by atomic mass is 32.1. The fourth-order valence-corrected chi connectivity index (χ4v) is 4.47. The van der Waals surface area contributed by atoms with Crippen LogP contribution in [0.2, 0.25) is 0 Å². The summed E-state index contributed by atoms with van der Waals surface area (Å²) in [5, 5.41) is 5.89. The number of esters is 1. The van der Waals surface area contributed by atoms with Crippen molar-refractivity contribution in [2.24, 2.45) is 0 Å². The average Bonchev–Trinajstić information content (AvgIpc) is 3.40. The van der Waals surface area contributed by atoms with Crippen molar-refractivity contribution in [3.05, 3.63) is 45.9 Å². The van der Waals surface area contributed by atoms with Crippen molar-refractivity contribution in [1.82, 2.24) is 10.3 Å². The molecule has 136 valence electrons. The zero-order chi connectivity index (χ0) is 17.9. The van der Waals surface area contributed by atoms with Crippen LogP contribution in [0.3, 0.4) is 0 Å². The summed E-state index contributed by atoms with van der Waals surface area (Å²) >= 11 is 1.66. The Labute approximate surface area is 156 Å². The Morgan fingerprint density at radius 2 is 2.19 bits per heavy atom. The maximum atomic E-state index is 12.4. The zero-order valence-electron chi connectivity index (χ0n) is 14.4. The molecule has 1 aliphatic carbocycles. The fraction of sp³-hybridized carbons (Fsp3) is 0.421. The van der Waals surface area contributed by atoms with Crippen LogP contribution in [0.15, 0.2) is 29.6 Å². The highest BCUT2D eigenvalue weighted by Crippen LogP contribution is 2.35. The number of aromatic nitrogens is 1. The van der Waals surface area contributed by atoms with Gasteiger partial charge >= 0.3 is 12.0 Å². The van der Waals surface area contributed by atoms with Crippen LogP contribution in [0.4, 0.5) is 10.5 Å². The van der Waals surface area contributed by atoms with Gasteiger partial charge in [0, 0.05) is 30.1 Å². The van der Waals surface area contributed by atoms with Crippen LogP contribution in [0.25, 0.3) is 0 Å². The molecular formula is C19H21N3O3S. The van der Waals surface area contributed by atoms with E-state index in [9.17, 15) is 9.59 Å². The number of thiazole rings is 1. The third kappa shape index (κ3) is 3.58. The number of anilines is 1. The highest BCUT2D eigenvalue weighted by molar-refractivity contribution is 7.09. The minimum absolute atomic E-state index is 0.141. The lowest BCUT2D eigenvalue weighted by Gasteiger charge is -2.14. The number of ether oxygens (including phenoxy) is 1. The topological polar surface area (TPSA) is 71.5 Å². The number of carbonyl (C=O) groups is 2. The molecule has 2 aromatic rings. The van der Waals surface area contributed by atoms with Crippen molar-refractivity contribution in [3.63, 3.8) is 0 Å². The van der Waals surface area contributed by atoms with Crippen molar-refractivity contribution < 1.29 is 14.3 Å². The van der Waals surface area contributed by atoms with Gasteiger partial charge in [-0.3, -0.25) is 4.90 Å². The van der Waals surface area contributed by atoms with Gasteiger partial charge < -0.3 is 10.1 Å². The van der Waals surface area contributed by atoms with E-state index in [1.165, 1.54) is 25.7 Å². The molecule has 1 aliphatic heterocycles. The Morgan fingerprint density at radius 3 is 2.96 bits per heavy atom. The smallest absolute Gasteiger partial charge is 0.338 e. The van der Waals surface area contributed by atoms with Crippen molar-refractivity contribution in [2.75, 3.05) is 18.0 Å². The lowest BCUT2D eigenvalue weighted by Crippen LogP contribution is -2.27. The van der Waals surface area contributed by atoms with E-state index in [1.54, 1.807) is 34.4 Å². The van der Waals surface area contributed by atoms with E-state index in [2.05, 4.69) is 10.3 Å². The molecule has 1 N–H and O–H groups in total. The predicted molar refractivity (Wildman–Crippen MR) is 99.6 cm³/mol. The zero-order valence-corrected chi connectivity index (χ0v) is 15.3. The lowest BCUT2D eigenvalue weighted by molar-refractivity contribution is 0.0468. The molecule has 2 aliphatic rings. The van der Waals surface area contributed by atoms with Crippen LogP contribution in [-0.2, 0) is 11.3 Å². The number of urea groups is 1. The van der Waals surface area contributed by atoms with E-state index >= 15 is 0 Å².